The first-order valence-corrected chi connectivity index (χ1v) is 10.5. The minimum Gasteiger partial charge on any atom is -0.435 e. The van der Waals surface area contributed by atoms with Crippen LogP contribution in [-0.2, 0) is 11.3 Å². The SMILES string of the molecule is C=CCn1c(SCC(=O)Nc2ccc(Br)cc2)nnc1-c1ccc(OC(F)F)cc1. The average Bonchev–Trinajstić information content (AvgIpc) is 3.11. The maximum Gasteiger partial charge on any atom is 0.387 e. The highest BCUT2D eigenvalue weighted by atomic mass is 79.9. The summed E-state index contributed by atoms with van der Waals surface area (Å²) in [5.41, 5.74) is 1.38. The fourth-order valence-electron chi connectivity index (χ4n) is 2.55. The number of hydrogen-bond acceptors (Lipinski definition) is 5. The molecule has 30 heavy (non-hydrogen) atoms. The van der Waals surface area contributed by atoms with E-state index in [0.29, 0.717) is 28.8 Å². The van der Waals surface area contributed by atoms with Crippen molar-refractivity contribution in [1.82, 2.24) is 14.8 Å². The van der Waals surface area contributed by atoms with Crippen LogP contribution in [0.5, 0.6) is 5.75 Å². The molecular weight excluding hydrogens is 478 g/mol. The van der Waals surface area contributed by atoms with Crippen molar-refractivity contribution in [3.05, 3.63) is 65.7 Å². The van der Waals surface area contributed by atoms with Crippen LogP contribution in [0.2, 0.25) is 0 Å². The zero-order valence-corrected chi connectivity index (χ0v) is 18.0. The highest BCUT2D eigenvalue weighted by Gasteiger charge is 2.15. The van der Waals surface area contributed by atoms with E-state index in [1.165, 1.54) is 23.9 Å². The molecule has 1 heterocycles. The van der Waals surface area contributed by atoms with Crippen LogP contribution < -0.4 is 10.1 Å². The number of carbonyl (C=O) groups is 1. The molecule has 156 valence electrons. The zero-order chi connectivity index (χ0) is 21.5. The molecule has 0 bridgehead atoms. The van der Waals surface area contributed by atoms with E-state index in [0.717, 1.165) is 4.47 Å². The molecule has 0 unspecified atom stereocenters. The van der Waals surface area contributed by atoms with Crippen molar-refractivity contribution in [3.63, 3.8) is 0 Å². The Morgan fingerprint density at radius 1 is 1.20 bits per heavy atom. The van der Waals surface area contributed by atoms with E-state index < -0.39 is 6.61 Å². The van der Waals surface area contributed by atoms with Crippen molar-refractivity contribution in [2.45, 2.75) is 18.3 Å². The van der Waals surface area contributed by atoms with E-state index >= 15 is 0 Å². The van der Waals surface area contributed by atoms with Crippen LogP contribution in [0.3, 0.4) is 0 Å². The number of thioether (sulfide) groups is 1. The van der Waals surface area contributed by atoms with Gasteiger partial charge in [0.15, 0.2) is 11.0 Å². The maximum atomic E-state index is 12.3. The summed E-state index contributed by atoms with van der Waals surface area (Å²) in [7, 11) is 0. The van der Waals surface area contributed by atoms with Gasteiger partial charge >= 0.3 is 6.61 Å². The van der Waals surface area contributed by atoms with Crippen molar-refractivity contribution in [1.29, 1.82) is 0 Å². The average molecular weight is 495 g/mol. The van der Waals surface area contributed by atoms with Crippen LogP contribution in [-0.4, -0.2) is 33.0 Å². The number of nitrogens with one attached hydrogen (secondary N) is 1. The lowest BCUT2D eigenvalue weighted by molar-refractivity contribution is -0.113. The number of hydrogen-bond donors (Lipinski definition) is 1. The summed E-state index contributed by atoms with van der Waals surface area (Å²) in [5.74, 6) is 0.564. The first kappa shape index (κ1) is 22.0. The largest absolute Gasteiger partial charge is 0.435 e. The Labute approximate surface area is 184 Å². The normalized spacial score (nSPS) is 10.8. The molecule has 0 spiro atoms. The standard InChI is InChI=1S/C20H17BrF2N4O2S/c1-2-11-27-18(13-3-9-16(10-4-13)29-19(22)23)25-26-20(27)30-12-17(28)24-15-7-5-14(21)6-8-15/h2-10,19H,1,11-12H2,(H,24,28). The summed E-state index contributed by atoms with van der Waals surface area (Å²) < 4.78 is 31.7. The number of halogens is 3. The molecule has 2 aromatic carbocycles. The second-order valence-corrected chi connectivity index (χ2v) is 7.81. The Kier molecular flexibility index (Phi) is 7.58. The molecule has 1 amide bonds. The second-order valence-electron chi connectivity index (χ2n) is 5.95. The number of alkyl halides is 2. The van der Waals surface area contributed by atoms with Gasteiger partial charge in [-0.1, -0.05) is 33.8 Å². The Balaban J connectivity index is 1.70. The molecule has 0 aliphatic carbocycles. The van der Waals surface area contributed by atoms with Gasteiger partial charge in [0.05, 0.1) is 5.75 Å². The van der Waals surface area contributed by atoms with Gasteiger partial charge in [-0.25, -0.2) is 0 Å². The molecule has 3 aromatic rings. The minimum atomic E-state index is -2.88. The number of anilines is 1. The Bertz CT molecular complexity index is 1010. The summed E-state index contributed by atoms with van der Waals surface area (Å²) in [6.07, 6.45) is 1.69. The van der Waals surface area contributed by atoms with Crippen LogP contribution in [0, 0.1) is 0 Å². The molecule has 3 rings (SSSR count). The summed E-state index contributed by atoms with van der Waals surface area (Å²) in [6, 6.07) is 13.4. The van der Waals surface area contributed by atoms with E-state index in [2.05, 4.69) is 42.8 Å². The summed E-state index contributed by atoms with van der Waals surface area (Å²) in [6.45, 7) is 1.29. The van der Waals surface area contributed by atoms with E-state index in [-0.39, 0.29) is 17.4 Å². The van der Waals surface area contributed by atoms with Crippen molar-refractivity contribution in [2.75, 3.05) is 11.1 Å². The highest BCUT2D eigenvalue weighted by Crippen LogP contribution is 2.26. The van der Waals surface area contributed by atoms with Crippen molar-refractivity contribution in [2.24, 2.45) is 0 Å². The van der Waals surface area contributed by atoms with E-state index in [9.17, 15) is 13.6 Å². The van der Waals surface area contributed by atoms with Gasteiger partial charge in [0, 0.05) is 22.3 Å². The van der Waals surface area contributed by atoms with Crippen LogP contribution in [0.15, 0.2) is 70.8 Å². The molecule has 10 heteroatoms. The van der Waals surface area contributed by atoms with Crippen LogP contribution in [0.1, 0.15) is 0 Å². The lowest BCUT2D eigenvalue weighted by atomic mass is 10.2. The molecule has 0 radical (unpaired) electrons. The predicted octanol–water partition coefficient (Wildman–Crippen LogP) is 5.23. The topological polar surface area (TPSA) is 69.0 Å². The number of benzene rings is 2. The van der Waals surface area contributed by atoms with E-state index in [1.54, 1.807) is 34.9 Å². The van der Waals surface area contributed by atoms with Gasteiger partial charge in [0.2, 0.25) is 5.91 Å². The molecule has 6 nitrogen and oxygen atoms in total. The molecule has 0 aliphatic rings. The number of carbonyl (C=O) groups excluding carboxylic acids is 1. The summed E-state index contributed by atoms with van der Waals surface area (Å²) in [5, 5.41) is 11.7. The molecule has 0 aliphatic heterocycles. The van der Waals surface area contributed by atoms with Gasteiger partial charge < -0.3 is 10.1 Å². The molecule has 0 atom stereocenters. The van der Waals surface area contributed by atoms with Gasteiger partial charge in [-0.2, -0.15) is 8.78 Å². The first-order valence-electron chi connectivity index (χ1n) is 8.74. The zero-order valence-electron chi connectivity index (χ0n) is 15.6. The van der Waals surface area contributed by atoms with Gasteiger partial charge in [-0.15, -0.1) is 16.8 Å². The smallest absolute Gasteiger partial charge is 0.387 e. The van der Waals surface area contributed by atoms with Crippen LogP contribution >= 0.6 is 27.7 Å². The summed E-state index contributed by atoms with van der Waals surface area (Å²) >= 11 is 4.59. The lowest BCUT2D eigenvalue weighted by Crippen LogP contribution is -2.14. The van der Waals surface area contributed by atoms with Crippen LogP contribution in [0.25, 0.3) is 11.4 Å². The lowest BCUT2D eigenvalue weighted by Gasteiger charge is -2.09. The van der Waals surface area contributed by atoms with Crippen molar-refractivity contribution < 1.29 is 18.3 Å². The fraction of sp³-hybridized carbons (Fsp3) is 0.150. The molecule has 1 aromatic heterocycles. The van der Waals surface area contributed by atoms with Crippen molar-refractivity contribution >= 4 is 39.3 Å². The van der Waals surface area contributed by atoms with E-state index in [1.807, 2.05) is 12.1 Å². The molecule has 0 fully saturated rings. The highest BCUT2D eigenvalue weighted by molar-refractivity contribution is 9.10. The Hall–Kier alpha value is -2.72. The third kappa shape index (κ3) is 5.90. The maximum absolute atomic E-state index is 12.3. The quantitative estimate of drug-likeness (QED) is 0.326. The first-order chi connectivity index (χ1) is 14.5. The predicted molar refractivity (Wildman–Crippen MR) is 116 cm³/mol. The monoisotopic (exact) mass is 494 g/mol. The molecule has 0 saturated heterocycles. The van der Waals surface area contributed by atoms with E-state index in [4.69, 9.17) is 0 Å². The molecule has 1 N–H and O–H groups in total. The second kappa shape index (κ2) is 10.4. The number of nitrogens with zero attached hydrogens (tertiary/aromatic N) is 3. The Morgan fingerprint density at radius 3 is 2.53 bits per heavy atom. The van der Waals surface area contributed by atoms with Crippen molar-refractivity contribution in [3.8, 4) is 17.1 Å². The Morgan fingerprint density at radius 2 is 1.90 bits per heavy atom. The van der Waals surface area contributed by atoms with Crippen LogP contribution in [0.4, 0.5) is 14.5 Å². The van der Waals surface area contributed by atoms with Gasteiger partial charge in [0.25, 0.3) is 0 Å². The number of ether oxygens (including phenoxy) is 1. The third-order valence-electron chi connectivity index (χ3n) is 3.83. The molecule has 0 saturated carbocycles. The number of aromatic nitrogens is 3. The minimum absolute atomic E-state index is 0.0581. The van der Waals surface area contributed by atoms with Gasteiger partial charge in [0.1, 0.15) is 5.75 Å². The summed E-state index contributed by atoms with van der Waals surface area (Å²) in [4.78, 5) is 12.2. The third-order valence-corrected chi connectivity index (χ3v) is 5.32. The number of allylic oxidation sites excluding steroid dienone is 1. The number of amides is 1. The number of rotatable bonds is 9. The van der Waals surface area contributed by atoms with Gasteiger partial charge in [-0.05, 0) is 48.5 Å². The van der Waals surface area contributed by atoms with Gasteiger partial charge in [-0.3, -0.25) is 9.36 Å². The molecular formula is C20H17BrF2N4O2S. The fourth-order valence-corrected chi connectivity index (χ4v) is 3.56.